The van der Waals surface area contributed by atoms with Gasteiger partial charge in [0.05, 0.1) is 17.9 Å². The number of rotatable bonds is 5. The Morgan fingerprint density at radius 1 is 1.38 bits per heavy atom. The highest BCUT2D eigenvalue weighted by molar-refractivity contribution is 6.30. The second kappa shape index (κ2) is 8.54. The maximum Gasteiger partial charge on any atom is 0.437 e. The van der Waals surface area contributed by atoms with E-state index < -0.39 is 17.7 Å². The topological polar surface area (TPSA) is 80.2 Å². The van der Waals surface area contributed by atoms with Crippen molar-refractivity contribution in [2.45, 2.75) is 33.2 Å². The number of hydrogen-bond donors (Lipinski definition) is 1. The molecule has 0 atom stereocenters. The van der Waals surface area contributed by atoms with Gasteiger partial charge >= 0.3 is 12.2 Å². The van der Waals surface area contributed by atoms with Crippen LogP contribution in [0.1, 0.15) is 27.7 Å². The molecular formula is C16H22ClN3O4. The third kappa shape index (κ3) is 5.42. The molecule has 0 saturated carbocycles. The van der Waals surface area contributed by atoms with Crippen LogP contribution in [-0.2, 0) is 9.57 Å². The number of halogens is 1. The SMILES string of the molecule is CCOC(=O)N(C)C(C)(C)C(C)=NOC(=O)Nc1cccc(Cl)c1. The Labute approximate surface area is 146 Å². The number of nitrogens with zero attached hydrogens (tertiary/aromatic N) is 2. The van der Waals surface area contributed by atoms with Crippen LogP contribution in [0.5, 0.6) is 0 Å². The van der Waals surface area contributed by atoms with E-state index in [2.05, 4.69) is 10.5 Å². The van der Waals surface area contributed by atoms with Crippen molar-refractivity contribution in [3.63, 3.8) is 0 Å². The average Bonchev–Trinajstić information content (AvgIpc) is 2.51. The second-order valence-corrected chi connectivity index (χ2v) is 5.94. The third-order valence-electron chi connectivity index (χ3n) is 3.60. The fourth-order valence-electron chi connectivity index (χ4n) is 1.62. The summed E-state index contributed by atoms with van der Waals surface area (Å²) in [6.45, 7) is 7.18. The highest BCUT2D eigenvalue weighted by Crippen LogP contribution is 2.17. The molecule has 0 aliphatic heterocycles. The minimum Gasteiger partial charge on any atom is -0.450 e. The Morgan fingerprint density at radius 2 is 2.04 bits per heavy atom. The van der Waals surface area contributed by atoms with Crippen molar-refractivity contribution in [3.8, 4) is 0 Å². The van der Waals surface area contributed by atoms with Crippen LogP contribution in [0, 0.1) is 0 Å². The number of carbonyl (C=O) groups excluding carboxylic acids is 2. The van der Waals surface area contributed by atoms with Crippen molar-refractivity contribution < 1.29 is 19.2 Å². The van der Waals surface area contributed by atoms with E-state index in [0.717, 1.165) is 0 Å². The van der Waals surface area contributed by atoms with Gasteiger partial charge in [0, 0.05) is 17.8 Å². The standard InChI is InChI=1S/C16H22ClN3O4/c1-6-23-15(22)20(5)16(3,4)11(2)19-24-14(21)18-13-9-7-8-12(17)10-13/h7-10H,6H2,1-5H3,(H,18,21). The Bertz CT molecular complexity index is 632. The van der Waals surface area contributed by atoms with Crippen LogP contribution in [-0.4, -0.2) is 42.0 Å². The lowest BCUT2D eigenvalue weighted by atomic mass is 9.98. The van der Waals surface area contributed by atoms with E-state index in [1.54, 1.807) is 59.0 Å². The molecule has 0 bridgehead atoms. The number of benzene rings is 1. The fourth-order valence-corrected chi connectivity index (χ4v) is 1.81. The van der Waals surface area contributed by atoms with Gasteiger partial charge in [-0.1, -0.05) is 22.8 Å². The molecular weight excluding hydrogens is 334 g/mol. The quantitative estimate of drug-likeness (QED) is 0.489. The van der Waals surface area contributed by atoms with Gasteiger partial charge in [-0.3, -0.25) is 10.2 Å². The van der Waals surface area contributed by atoms with E-state index in [4.69, 9.17) is 21.2 Å². The molecule has 0 heterocycles. The Balaban J connectivity index is 2.70. The summed E-state index contributed by atoms with van der Waals surface area (Å²) in [4.78, 5) is 29.8. The van der Waals surface area contributed by atoms with Gasteiger partial charge in [-0.25, -0.2) is 9.59 Å². The zero-order valence-electron chi connectivity index (χ0n) is 14.4. The maximum absolute atomic E-state index is 11.8. The summed E-state index contributed by atoms with van der Waals surface area (Å²) in [6.07, 6.45) is -1.24. The fraction of sp³-hybridized carbons (Fsp3) is 0.438. The van der Waals surface area contributed by atoms with Crippen LogP contribution in [0.2, 0.25) is 5.02 Å². The van der Waals surface area contributed by atoms with Crippen molar-refractivity contribution in [3.05, 3.63) is 29.3 Å². The van der Waals surface area contributed by atoms with Crippen LogP contribution in [0.25, 0.3) is 0 Å². The van der Waals surface area contributed by atoms with Gasteiger partial charge in [-0.2, -0.15) is 0 Å². The molecule has 24 heavy (non-hydrogen) atoms. The maximum atomic E-state index is 11.8. The lowest BCUT2D eigenvalue weighted by Gasteiger charge is -2.34. The van der Waals surface area contributed by atoms with Crippen molar-refractivity contribution >= 4 is 35.2 Å². The zero-order chi connectivity index (χ0) is 18.3. The molecule has 0 saturated heterocycles. The Kier molecular flexibility index (Phi) is 7.03. The van der Waals surface area contributed by atoms with E-state index in [1.807, 2.05) is 0 Å². The summed E-state index contributed by atoms with van der Waals surface area (Å²) >= 11 is 5.84. The molecule has 0 radical (unpaired) electrons. The van der Waals surface area contributed by atoms with Crippen molar-refractivity contribution in [2.24, 2.45) is 5.16 Å². The molecule has 0 aliphatic rings. The van der Waals surface area contributed by atoms with Gasteiger partial charge in [0.15, 0.2) is 0 Å². The monoisotopic (exact) mass is 355 g/mol. The first-order valence-electron chi connectivity index (χ1n) is 7.37. The molecule has 8 heteroatoms. The van der Waals surface area contributed by atoms with Gasteiger partial charge in [0.1, 0.15) is 0 Å². The lowest BCUT2D eigenvalue weighted by Crippen LogP contribution is -2.50. The molecule has 2 amide bonds. The first-order chi connectivity index (χ1) is 11.2. The largest absolute Gasteiger partial charge is 0.450 e. The highest BCUT2D eigenvalue weighted by Gasteiger charge is 2.32. The molecule has 132 valence electrons. The van der Waals surface area contributed by atoms with Crippen LogP contribution in [0.3, 0.4) is 0 Å². The van der Waals surface area contributed by atoms with Crippen LogP contribution in [0.4, 0.5) is 15.3 Å². The predicted octanol–water partition coefficient (Wildman–Crippen LogP) is 4.13. The van der Waals surface area contributed by atoms with E-state index in [0.29, 0.717) is 16.4 Å². The molecule has 0 aliphatic carbocycles. The number of ether oxygens (including phenoxy) is 1. The average molecular weight is 356 g/mol. The minimum atomic E-state index is -0.789. The van der Waals surface area contributed by atoms with E-state index in [-0.39, 0.29) is 6.61 Å². The first-order valence-corrected chi connectivity index (χ1v) is 7.75. The van der Waals surface area contributed by atoms with Crippen LogP contribution >= 0.6 is 11.6 Å². The van der Waals surface area contributed by atoms with Gasteiger partial charge in [-0.05, 0) is 45.9 Å². The zero-order valence-corrected chi connectivity index (χ0v) is 15.2. The molecule has 0 spiro atoms. The molecule has 0 unspecified atom stereocenters. The minimum absolute atomic E-state index is 0.272. The van der Waals surface area contributed by atoms with Crippen molar-refractivity contribution in [1.29, 1.82) is 0 Å². The molecule has 1 rings (SSSR count). The number of hydrogen-bond acceptors (Lipinski definition) is 5. The third-order valence-corrected chi connectivity index (χ3v) is 3.84. The number of anilines is 1. The molecule has 0 aromatic heterocycles. The summed E-state index contributed by atoms with van der Waals surface area (Å²) < 4.78 is 4.96. The summed E-state index contributed by atoms with van der Waals surface area (Å²) in [6, 6.07) is 6.64. The molecule has 1 aromatic rings. The van der Waals surface area contributed by atoms with Gasteiger partial charge in [-0.15, -0.1) is 0 Å². The van der Waals surface area contributed by atoms with E-state index >= 15 is 0 Å². The summed E-state index contributed by atoms with van der Waals surface area (Å²) in [5.41, 5.74) is 0.130. The van der Waals surface area contributed by atoms with Crippen molar-refractivity contribution in [2.75, 3.05) is 19.0 Å². The highest BCUT2D eigenvalue weighted by atomic mass is 35.5. The van der Waals surface area contributed by atoms with Crippen molar-refractivity contribution in [1.82, 2.24) is 4.90 Å². The Hall–Kier alpha value is -2.28. The molecule has 0 fully saturated rings. The first kappa shape index (κ1) is 19.8. The molecule has 7 nitrogen and oxygen atoms in total. The van der Waals surface area contributed by atoms with Crippen LogP contribution in [0.15, 0.2) is 29.4 Å². The van der Waals surface area contributed by atoms with E-state index in [1.165, 1.54) is 4.90 Å². The summed E-state index contributed by atoms with van der Waals surface area (Å²) in [5.74, 6) is 0. The van der Waals surface area contributed by atoms with Gasteiger partial charge in [0.2, 0.25) is 0 Å². The smallest absolute Gasteiger partial charge is 0.437 e. The number of oxime groups is 1. The summed E-state index contributed by atoms with van der Waals surface area (Å²) in [7, 11) is 1.59. The van der Waals surface area contributed by atoms with E-state index in [9.17, 15) is 9.59 Å². The lowest BCUT2D eigenvalue weighted by molar-refractivity contribution is 0.0955. The number of amides is 2. The number of nitrogens with one attached hydrogen (secondary N) is 1. The molecule has 1 aromatic carbocycles. The normalized spacial score (nSPS) is 11.7. The number of carbonyl (C=O) groups is 2. The van der Waals surface area contributed by atoms with Gasteiger partial charge in [0.25, 0.3) is 0 Å². The molecule has 1 N–H and O–H groups in total. The Morgan fingerprint density at radius 3 is 2.62 bits per heavy atom. The second-order valence-electron chi connectivity index (χ2n) is 5.51. The van der Waals surface area contributed by atoms with Crippen LogP contribution < -0.4 is 5.32 Å². The van der Waals surface area contributed by atoms with Gasteiger partial charge < -0.3 is 9.64 Å². The predicted molar refractivity (Wildman–Crippen MR) is 93.5 cm³/mol. The summed E-state index contributed by atoms with van der Waals surface area (Å²) in [5, 5.41) is 6.79.